The minimum atomic E-state index is -0.386. The molecule has 0 bridgehead atoms. The van der Waals surface area contributed by atoms with Crippen molar-refractivity contribution in [3.05, 3.63) is 0 Å². The number of hydrogen-bond acceptors (Lipinski definition) is 18. The topological polar surface area (TPSA) is 307 Å². The molecule has 18 heteroatoms. The Morgan fingerprint density at radius 1 is 0.250 bits per heavy atom. The summed E-state index contributed by atoms with van der Waals surface area (Å²) in [5.41, 5.74) is -0.386. The summed E-state index contributed by atoms with van der Waals surface area (Å²) in [5.74, 6) is 2.03. The molecule has 0 radical (unpaired) electrons. The molecule has 18 nitrogen and oxygen atoms in total. The summed E-state index contributed by atoms with van der Waals surface area (Å²) in [7, 11) is 0. The Balaban J connectivity index is -0.000000140. The van der Waals surface area contributed by atoms with Crippen molar-refractivity contribution in [3.63, 3.8) is 0 Å². The first-order valence-corrected chi connectivity index (χ1v) is 39.2. The fourth-order valence-corrected chi connectivity index (χ4v) is 7.66. The third-order valence-electron chi connectivity index (χ3n) is 16.9. The van der Waals surface area contributed by atoms with E-state index >= 15 is 0 Å². The zero-order chi connectivity index (χ0) is 83.8. The Morgan fingerprint density at radius 2 is 0.481 bits per heavy atom. The maximum absolute atomic E-state index is 11.5. The van der Waals surface area contributed by atoms with Gasteiger partial charge in [-0.05, 0) is 96.8 Å². The van der Waals surface area contributed by atoms with Crippen molar-refractivity contribution in [1.82, 2.24) is 0 Å². The van der Waals surface area contributed by atoms with Crippen molar-refractivity contribution in [2.75, 3.05) is 0 Å². The highest BCUT2D eigenvalue weighted by Gasteiger charge is 2.26. The number of rotatable bonds is 46. The van der Waals surface area contributed by atoms with E-state index in [0.717, 1.165) is 77.0 Å². The van der Waals surface area contributed by atoms with Gasteiger partial charge in [-0.15, -0.1) is 0 Å². The lowest BCUT2D eigenvalue weighted by molar-refractivity contribution is -0.134. The van der Waals surface area contributed by atoms with Crippen molar-refractivity contribution in [2.24, 2.45) is 64.6 Å². The molecular formula is C86H154O18. The molecule has 0 N–H and O–H groups in total. The second kappa shape index (κ2) is 72.6. The average molecular weight is 1480 g/mol. The fraction of sp³-hybridized carbons (Fsp3) is 0.791. The Bertz CT molecular complexity index is 2520. The number of carbonyl (C=O) groups is 18. The molecule has 0 fully saturated rings. The minimum Gasteiger partial charge on any atom is -0.300 e. The van der Waals surface area contributed by atoms with Gasteiger partial charge in [-0.2, -0.15) is 0 Å². The molecule has 0 aliphatic heterocycles. The molecule has 0 spiro atoms. The highest BCUT2D eigenvalue weighted by atomic mass is 16.2. The van der Waals surface area contributed by atoms with Crippen molar-refractivity contribution in [1.29, 1.82) is 0 Å². The molecule has 606 valence electrons. The zero-order valence-electron chi connectivity index (χ0n) is 71.7. The summed E-state index contributed by atoms with van der Waals surface area (Å²) in [6.07, 6.45) is 14.8. The molecule has 0 rings (SSSR count). The predicted octanol–water partition coefficient (Wildman–Crippen LogP) is 19.4. The standard InChI is InChI=1S/3C11H20O2.2C10H18O2.C9H16O2.3C8H14O2/c1-6-8(2)9(12)7-10(13)11(3,4)5;1-5-9(4)11(13)7-10(12)6-8(2)3;1-4-6-7-10(12)8-11(13)9(3)5-2;1-5-8(4)10(12)6-9(11)7(2)3;1-4-6-9(11)7-10(12)8(3)5-2;1-4-7(3)9(11)6-8(10)5-2;1-6(2)4-8(10)5-7(3)9;1-4-6(2)8(10)5-7(3)9;1-3-4-5-8(10)6-7(2)9/h8H,6-7H2,1-5H3;8-9H,5-7H2,1-4H3;9H,4-8H2,1-3H3;7-8H,5-6H2,1-4H3;8H,4-7H2,1-3H3;7H,4-6H2,1-3H3;2*6H,4-5H2,1-3H3;3-6H2,1-2H3. The van der Waals surface area contributed by atoms with E-state index in [1.165, 1.54) is 20.8 Å². The molecule has 0 aromatic heterocycles. The molecule has 0 aromatic rings. The van der Waals surface area contributed by atoms with Crippen LogP contribution in [0.2, 0.25) is 0 Å². The summed E-state index contributed by atoms with van der Waals surface area (Å²) < 4.78 is 0. The third kappa shape index (κ3) is 81.7. The minimum absolute atomic E-state index is 0.0157. The van der Waals surface area contributed by atoms with Gasteiger partial charge in [0, 0.05) is 91.3 Å². The largest absolute Gasteiger partial charge is 0.300 e. The smallest absolute Gasteiger partial charge is 0.145 e. The summed E-state index contributed by atoms with van der Waals surface area (Å²) in [6, 6.07) is 0. The quantitative estimate of drug-likeness (QED) is 0.0511. The predicted molar refractivity (Wildman–Crippen MR) is 422 cm³/mol. The second-order valence-corrected chi connectivity index (χ2v) is 30.2. The van der Waals surface area contributed by atoms with E-state index in [1.54, 1.807) is 6.92 Å². The first-order chi connectivity index (χ1) is 47.8. The van der Waals surface area contributed by atoms with E-state index < -0.39 is 0 Å². The Morgan fingerprint density at radius 3 is 0.721 bits per heavy atom. The van der Waals surface area contributed by atoms with Gasteiger partial charge in [-0.1, -0.05) is 200 Å². The first kappa shape index (κ1) is 116. The molecule has 104 heavy (non-hydrogen) atoms. The van der Waals surface area contributed by atoms with Gasteiger partial charge in [0.2, 0.25) is 0 Å². The number of unbranched alkanes of at least 4 members (excludes halogenated alkanes) is 2. The maximum atomic E-state index is 11.5. The first-order valence-electron chi connectivity index (χ1n) is 39.2. The van der Waals surface area contributed by atoms with Crippen molar-refractivity contribution in [3.8, 4) is 0 Å². The van der Waals surface area contributed by atoms with Crippen LogP contribution in [0.1, 0.15) is 381 Å². The molecule has 7 atom stereocenters. The zero-order valence-corrected chi connectivity index (χ0v) is 71.7. The lowest BCUT2D eigenvalue weighted by Crippen LogP contribution is -2.25. The summed E-state index contributed by atoms with van der Waals surface area (Å²) in [6.45, 7) is 56.1. The highest BCUT2D eigenvalue weighted by Crippen LogP contribution is 2.19. The summed E-state index contributed by atoms with van der Waals surface area (Å²) in [5, 5.41) is 0. The highest BCUT2D eigenvalue weighted by molar-refractivity contribution is 6.04. The van der Waals surface area contributed by atoms with Crippen molar-refractivity contribution in [2.45, 2.75) is 381 Å². The number of Topliss-reactive ketones (excluding diaryl/α,β-unsaturated/α-hetero) is 18. The van der Waals surface area contributed by atoms with Gasteiger partial charge < -0.3 is 0 Å². The Labute approximate surface area is 633 Å². The SMILES string of the molecule is CC(=O)CC(=O)CC(C)C.CCC(=O)CC(=O)C(C)CC.CCC(C)C(=O)CC(=O)C(C)(C)C.CCC(C)C(=O)CC(=O)C(C)C.CCC(C)C(=O)CC(=O)CC(C)C.CCC(C)C(=O)CC(C)=O.CCCC(=O)CC(=O)C(C)CC.CCCCC(=O)CC(=O)C(C)CC.CCCCC(=O)CC(C)=O. The molecule has 0 aromatic carbocycles. The van der Waals surface area contributed by atoms with Crippen LogP contribution in [-0.2, 0) is 86.3 Å². The van der Waals surface area contributed by atoms with Gasteiger partial charge >= 0.3 is 0 Å². The second-order valence-electron chi connectivity index (χ2n) is 30.2. The van der Waals surface area contributed by atoms with Crippen molar-refractivity contribution >= 4 is 104 Å². The van der Waals surface area contributed by atoms with Gasteiger partial charge in [0.1, 0.15) is 104 Å². The monoisotopic (exact) mass is 1480 g/mol. The molecule has 7 unspecified atom stereocenters. The average Bonchev–Trinajstić information content (AvgIpc) is 0.915. The Kier molecular flexibility index (Phi) is 81.3. The van der Waals surface area contributed by atoms with Crippen LogP contribution in [0.3, 0.4) is 0 Å². The van der Waals surface area contributed by atoms with Crippen LogP contribution in [0.25, 0.3) is 0 Å². The number of hydrogen-bond donors (Lipinski definition) is 0. The normalized spacial score (nSPS) is 12.3. The van der Waals surface area contributed by atoms with E-state index in [4.69, 9.17) is 0 Å². The van der Waals surface area contributed by atoms with Gasteiger partial charge in [0.25, 0.3) is 0 Å². The van der Waals surface area contributed by atoms with Gasteiger partial charge in [-0.3, -0.25) is 86.3 Å². The van der Waals surface area contributed by atoms with Gasteiger partial charge in [0.15, 0.2) is 0 Å². The van der Waals surface area contributed by atoms with Gasteiger partial charge in [-0.25, -0.2) is 0 Å². The maximum Gasteiger partial charge on any atom is 0.145 e. The van der Waals surface area contributed by atoms with Crippen LogP contribution < -0.4 is 0 Å². The summed E-state index contributed by atoms with van der Waals surface area (Å²) >= 11 is 0. The molecule has 0 saturated carbocycles. The third-order valence-corrected chi connectivity index (χ3v) is 16.9. The summed E-state index contributed by atoms with van der Waals surface area (Å²) in [4.78, 5) is 199. The van der Waals surface area contributed by atoms with E-state index in [1.807, 2.05) is 180 Å². The lowest BCUT2D eigenvalue weighted by Gasteiger charge is -2.17. The molecule has 0 saturated heterocycles. The number of ketones is 18. The van der Waals surface area contributed by atoms with E-state index in [-0.39, 0.29) is 215 Å². The molecule has 0 heterocycles. The lowest BCUT2D eigenvalue weighted by atomic mass is 9.86. The van der Waals surface area contributed by atoms with Gasteiger partial charge in [0.05, 0.1) is 57.8 Å². The number of carbonyl (C=O) groups excluding carboxylic acids is 18. The van der Waals surface area contributed by atoms with Crippen molar-refractivity contribution < 1.29 is 86.3 Å². The molecular weight excluding hydrogens is 1320 g/mol. The molecule has 0 amide bonds. The fourth-order valence-electron chi connectivity index (χ4n) is 7.66. The Hall–Kier alpha value is -5.94. The van der Waals surface area contributed by atoms with E-state index in [2.05, 4.69) is 0 Å². The van der Waals surface area contributed by atoms with Crippen LogP contribution in [-0.4, -0.2) is 104 Å². The van der Waals surface area contributed by atoms with Crippen LogP contribution in [0, 0.1) is 64.6 Å². The van der Waals surface area contributed by atoms with Crippen LogP contribution >= 0.6 is 0 Å². The van der Waals surface area contributed by atoms with E-state index in [9.17, 15) is 86.3 Å². The van der Waals surface area contributed by atoms with Crippen LogP contribution in [0.4, 0.5) is 0 Å². The van der Waals surface area contributed by atoms with E-state index in [0.29, 0.717) is 50.4 Å². The van der Waals surface area contributed by atoms with Crippen LogP contribution in [0.15, 0.2) is 0 Å². The van der Waals surface area contributed by atoms with Crippen LogP contribution in [0.5, 0.6) is 0 Å². The molecule has 0 aliphatic carbocycles. The molecule has 0 aliphatic rings.